The summed E-state index contributed by atoms with van der Waals surface area (Å²) in [7, 11) is -2.45. The molecular formula is C38H46N6O12S. The number of hydrogen-bond acceptors (Lipinski definition) is 12. The van der Waals surface area contributed by atoms with E-state index >= 15 is 0 Å². The number of morpholine rings is 1. The van der Waals surface area contributed by atoms with Crippen molar-refractivity contribution in [2.45, 2.75) is 106 Å². The SMILES string of the molecule is C=C[C@@H]1C[C@]1(NC(=O)[C@@H]1CC(Oc2nccc3cc(OC)ccc23)CN1C(=O)[C@H](CC(=O)N1C[C@@H]2C[C@H]1C(=O)O2)N(C(=O)O)C(C)(C)C)C(=O)NS(=O)(=O)C1CC1. The van der Waals surface area contributed by atoms with Crippen LogP contribution in [0.25, 0.3) is 10.8 Å². The quantitative estimate of drug-likeness (QED) is 0.192. The molecule has 3 aliphatic heterocycles. The van der Waals surface area contributed by atoms with Gasteiger partial charge in [-0.2, -0.15) is 0 Å². The Morgan fingerprint density at radius 1 is 1.14 bits per heavy atom. The van der Waals surface area contributed by atoms with E-state index in [9.17, 15) is 42.3 Å². The third kappa shape index (κ3) is 7.56. The number of sulfonamides is 1. The van der Waals surface area contributed by atoms with Crippen LogP contribution in [0.5, 0.6) is 11.6 Å². The molecule has 5 fully saturated rings. The van der Waals surface area contributed by atoms with Crippen LogP contribution in [0.2, 0.25) is 0 Å². The first-order valence-corrected chi connectivity index (χ1v) is 20.3. The molecule has 7 atom stereocenters. The Kier molecular flexibility index (Phi) is 10.1. The summed E-state index contributed by atoms with van der Waals surface area (Å²) in [4.78, 5) is 89.8. The fourth-order valence-corrected chi connectivity index (χ4v) is 9.54. The number of likely N-dealkylation sites (tertiary alicyclic amines) is 2. The first kappa shape index (κ1) is 39.8. The molecule has 5 amide bonds. The monoisotopic (exact) mass is 810 g/mol. The molecule has 306 valence electrons. The van der Waals surface area contributed by atoms with Gasteiger partial charge in [-0.25, -0.2) is 23.0 Å². The zero-order chi connectivity index (χ0) is 41.2. The number of nitrogens with one attached hydrogen (secondary N) is 2. The minimum absolute atomic E-state index is 0.0482. The Morgan fingerprint density at radius 2 is 1.88 bits per heavy atom. The molecule has 18 nitrogen and oxygen atoms in total. The van der Waals surface area contributed by atoms with Crippen LogP contribution in [0.4, 0.5) is 4.79 Å². The molecule has 1 aromatic heterocycles. The van der Waals surface area contributed by atoms with Crippen molar-refractivity contribution in [1.82, 2.24) is 29.7 Å². The average Bonchev–Trinajstić information content (AvgIpc) is 4.00. The summed E-state index contributed by atoms with van der Waals surface area (Å²) in [6.45, 7) is 8.26. The van der Waals surface area contributed by atoms with Gasteiger partial charge in [0.25, 0.3) is 5.91 Å². The maximum absolute atomic E-state index is 14.9. The summed E-state index contributed by atoms with van der Waals surface area (Å²) in [5, 5.41) is 13.8. The van der Waals surface area contributed by atoms with Crippen molar-refractivity contribution in [1.29, 1.82) is 0 Å². The van der Waals surface area contributed by atoms with Gasteiger partial charge in [0.15, 0.2) is 0 Å². The molecule has 0 radical (unpaired) electrons. The highest BCUT2D eigenvalue weighted by atomic mass is 32.2. The lowest BCUT2D eigenvalue weighted by atomic mass is 9.99. The highest BCUT2D eigenvalue weighted by Crippen LogP contribution is 2.46. The van der Waals surface area contributed by atoms with Gasteiger partial charge in [-0.3, -0.25) is 28.8 Å². The van der Waals surface area contributed by atoms with Crippen LogP contribution in [0.3, 0.4) is 0 Å². The predicted molar refractivity (Wildman–Crippen MR) is 200 cm³/mol. The van der Waals surface area contributed by atoms with Gasteiger partial charge in [0.2, 0.25) is 33.6 Å². The molecule has 2 saturated carbocycles. The van der Waals surface area contributed by atoms with E-state index in [1.165, 1.54) is 24.3 Å². The van der Waals surface area contributed by atoms with Crippen molar-refractivity contribution in [3.63, 3.8) is 0 Å². The molecule has 5 aliphatic rings. The molecule has 3 saturated heterocycles. The van der Waals surface area contributed by atoms with Crippen LogP contribution in [0.1, 0.15) is 59.3 Å². The van der Waals surface area contributed by atoms with E-state index in [0.717, 1.165) is 15.2 Å². The average molecular weight is 811 g/mol. The van der Waals surface area contributed by atoms with Gasteiger partial charge in [0.1, 0.15) is 41.6 Å². The van der Waals surface area contributed by atoms with Gasteiger partial charge in [-0.15, -0.1) is 6.58 Å². The molecule has 2 aliphatic carbocycles. The van der Waals surface area contributed by atoms with Crippen LogP contribution < -0.4 is 19.5 Å². The summed E-state index contributed by atoms with van der Waals surface area (Å²) in [5.41, 5.74) is -2.90. The van der Waals surface area contributed by atoms with E-state index < -0.39 is 105 Å². The maximum atomic E-state index is 14.9. The Hall–Kier alpha value is -5.46. The second kappa shape index (κ2) is 14.5. The molecule has 1 unspecified atom stereocenters. The lowest BCUT2D eigenvalue weighted by Gasteiger charge is -2.41. The van der Waals surface area contributed by atoms with E-state index in [1.54, 1.807) is 45.0 Å². The highest BCUT2D eigenvalue weighted by molar-refractivity contribution is 7.91. The number of benzene rings is 1. The lowest BCUT2D eigenvalue weighted by molar-refractivity contribution is -0.158. The number of carbonyl (C=O) groups excluding carboxylic acids is 5. The summed E-state index contributed by atoms with van der Waals surface area (Å²) in [5.74, 6) is -3.71. The maximum Gasteiger partial charge on any atom is 0.408 e. The van der Waals surface area contributed by atoms with Crippen molar-refractivity contribution in [3.05, 3.63) is 43.1 Å². The zero-order valence-electron chi connectivity index (χ0n) is 32.0. The zero-order valence-corrected chi connectivity index (χ0v) is 32.8. The second-order valence-corrected chi connectivity index (χ2v) is 18.2. The first-order chi connectivity index (χ1) is 26.9. The number of carboxylic acid groups (broad SMARTS) is 1. The number of aromatic nitrogens is 1. The van der Waals surface area contributed by atoms with Crippen LogP contribution >= 0.6 is 0 Å². The molecule has 57 heavy (non-hydrogen) atoms. The normalized spacial score (nSPS) is 27.0. The predicted octanol–water partition coefficient (Wildman–Crippen LogP) is 1.32. The van der Waals surface area contributed by atoms with Crippen molar-refractivity contribution in [2.75, 3.05) is 20.2 Å². The summed E-state index contributed by atoms with van der Waals surface area (Å²) in [6, 6.07) is 3.11. The smallest absolute Gasteiger partial charge is 0.408 e. The molecule has 2 aromatic rings. The minimum atomic E-state index is -3.98. The molecule has 0 spiro atoms. The number of ether oxygens (including phenoxy) is 3. The van der Waals surface area contributed by atoms with Crippen molar-refractivity contribution < 1.29 is 56.5 Å². The molecule has 2 bridgehead atoms. The second-order valence-electron chi connectivity index (χ2n) is 16.3. The molecule has 4 heterocycles. The molecule has 3 N–H and O–H groups in total. The van der Waals surface area contributed by atoms with Crippen LogP contribution in [-0.4, -0.2) is 136 Å². The van der Waals surface area contributed by atoms with Crippen LogP contribution in [-0.2, 0) is 38.7 Å². The Labute approximate surface area is 328 Å². The molecular weight excluding hydrogens is 765 g/mol. The fourth-order valence-electron chi connectivity index (χ4n) is 8.18. The van der Waals surface area contributed by atoms with E-state index in [4.69, 9.17) is 14.2 Å². The van der Waals surface area contributed by atoms with E-state index in [-0.39, 0.29) is 38.2 Å². The number of fused-ring (bicyclic) bond motifs is 3. The van der Waals surface area contributed by atoms with Crippen molar-refractivity contribution in [3.8, 4) is 11.6 Å². The number of nitrogens with zero attached hydrogens (tertiary/aromatic N) is 4. The molecule has 19 heteroatoms. The number of pyridine rings is 1. The first-order valence-electron chi connectivity index (χ1n) is 18.8. The number of methoxy groups -OCH3 is 1. The highest BCUT2D eigenvalue weighted by Gasteiger charge is 2.62. The lowest BCUT2D eigenvalue weighted by Crippen LogP contribution is -2.62. The van der Waals surface area contributed by atoms with E-state index in [0.29, 0.717) is 24.0 Å². The Bertz CT molecular complexity index is 2150. The number of carbonyl (C=O) groups is 6. The Balaban J connectivity index is 1.22. The topological polar surface area (TPSA) is 231 Å². The van der Waals surface area contributed by atoms with Crippen molar-refractivity contribution >= 4 is 56.5 Å². The summed E-state index contributed by atoms with van der Waals surface area (Å²) < 4.78 is 44.6. The van der Waals surface area contributed by atoms with Gasteiger partial charge in [0.05, 0.1) is 31.9 Å². The third-order valence-electron chi connectivity index (χ3n) is 11.3. The number of hydrogen-bond donors (Lipinski definition) is 3. The van der Waals surface area contributed by atoms with Gasteiger partial charge < -0.3 is 34.4 Å². The molecule has 7 rings (SSSR count). The van der Waals surface area contributed by atoms with Crippen molar-refractivity contribution in [2.24, 2.45) is 5.92 Å². The number of rotatable bonds is 13. The van der Waals surface area contributed by atoms with Gasteiger partial charge in [0, 0.05) is 35.9 Å². The van der Waals surface area contributed by atoms with Gasteiger partial charge in [-0.1, -0.05) is 6.08 Å². The summed E-state index contributed by atoms with van der Waals surface area (Å²) in [6.07, 6.45) is 0.412. The minimum Gasteiger partial charge on any atom is -0.497 e. The van der Waals surface area contributed by atoms with Gasteiger partial charge >= 0.3 is 12.1 Å². The summed E-state index contributed by atoms with van der Waals surface area (Å²) >= 11 is 0. The Morgan fingerprint density at radius 3 is 2.47 bits per heavy atom. The number of amides is 5. The van der Waals surface area contributed by atoms with Crippen LogP contribution in [0.15, 0.2) is 43.1 Å². The van der Waals surface area contributed by atoms with E-state index in [2.05, 4.69) is 21.6 Å². The largest absolute Gasteiger partial charge is 0.497 e. The molecule has 1 aromatic carbocycles. The number of esters is 1. The van der Waals surface area contributed by atoms with E-state index in [1.807, 2.05) is 0 Å². The standard InChI is InChI=1S/C38H46N6O12S/c1-6-21-17-38(21,35(49)41-57(52,53)25-8-9-25)40-31(46)27-14-23(55-32-26-10-7-22(54-5)13-20(26)11-12-39-32)19-43(27)33(47)28(44(36(50)51)37(2,3)4)16-30(45)42-18-24-15-29(42)34(48)56-24/h6-7,10-13,21,23-25,27-29H,1,8-9,14-19H2,2-5H3,(H,40,46)(H,41,49)(H,50,51)/t21-,23?,24+,27+,28+,29+,38-/m1/s1. The third-order valence-corrected chi connectivity index (χ3v) is 13.2. The van der Waals surface area contributed by atoms with Gasteiger partial charge in [-0.05, 0) is 69.7 Å². The van der Waals surface area contributed by atoms with Crippen LogP contribution in [0, 0.1) is 5.92 Å². The fraction of sp³-hybridized carbons (Fsp3) is 0.553.